The van der Waals surface area contributed by atoms with Crippen molar-refractivity contribution in [3.8, 4) is 0 Å². The second kappa shape index (κ2) is 4.48. The van der Waals surface area contributed by atoms with Gasteiger partial charge in [0.15, 0.2) is 0 Å². The zero-order valence-electron chi connectivity index (χ0n) is 5.34. The van der Waals surface area contributed by atoms with Gasteiger partial charge in [-0.3, -0.25) is 4.57 Å². The van der Waals surface area contributed by atoms with E-state index in [0.717, 1.165) is 0 Å². The summed E-state index contributed by atoms with van der Waals surface area (Å²) >= 11 is 0. The van der Waals surface area contributed by atoms with Crippen molar-refractivity contribution in [2.45, 2.75) is 25.9 Å². The van der Waals surface area contributed by atoms with E-state index in [-0.39, 0.29) is 17.1 Å². The van der Waals surface area contributed by atoms with Crippen molar-refractivity contribution in [2.24, 2.45) is 0 Å². The van der Waals surface area contributed by atoms with Crippen LogP contribution in [-0.2, 0) is 21.6 Å². The van der Waals surface area contributed by atoms with Crippen molar-refractivity contribution in [1.29, 1.82) is 0 Å². The maximum atomic E-state index is 10.3. The second-order valence-electron chi connectivity index (χ2n) is 1.85. The fourth-order valence-electron chi connectivity index (χ4n) is 0.238. The molecule has 0 bridgehead atoms. The Labute approximate surface area is 65.5 Å². The molecule has 3 nitrogen and oxygen atoms in total. The molecule has 0 spiro atoms. The van der Waals surface area contributed by atoms with Crippen LogP contribution in [0.5, 0.6) is 0 Å². The summed E-state index contributed by atoms with van der Waals surface area (Å²) in [4.78, 5) is 16.8. The topological polar surface area (TPSA) is 57.5 Å². The van der Waals surface area contributed by atoms with Gasteiger partial charge in [0.05, 0.1) is 5.66 Å². The Morgan fingerprint density at radius 1 is 1.56 bits per heavy atom. The quantitative estimate of drug-likeness (QED) is 0.517. The van der Waals surface area contributed by atoms with Crippen molar-refractivity contribution in [3.05, 3.63) is 0 Å². The van der Waals surface area contributed by atoms with E-state index >= 15 is 0 Å². The van der Waals surface area contributed by atoms with E-state index in [0.29, 0.717) is 6.42 Å². The van der Waals surface area contributed by atoms with Gasteiger partial charge < -0.3 is 9.79 Å². The molecule has 0 aromatic rings. The molecule has 1 unspecified atom stereocenters. The number of hydrogen-bond acceptors (Lipinski definition) is 1. The summed E-state index contributed by atoms with van der Waals surface area (Å²) in [5.41, 5.74) is -0.484. The Hall–Kier alpha value is 0.669. The monoisotopic (exact) mass is 201 g/mol. The van der Waals surface area contributed by atoms with Crippen LogP contribution in [0.2, 0.25) is 0 Å². The first-order valence-corrected chi connectivity index (χ1v) is 4.22. The van der Waals surface area contributed by atoms with E-state index in [9.17, 15) is 4.57 Å². The minimum atomic E-state index is -3.76. The summed E-state index contributed by atoms with van der Waals surface area (Å²) in [5.74, 6) is 0. The normalized spacial score (nSPS) is 14.2. The van der Waals surface area contributed by atoms with E-state index < -0.39 is 13.3 Å². The Balaban J connectivity index is 0. The van der Waals surface area contributed by atoms with Gasteiger partial charge in [0.25, 0.3) is 0 Å². The van der Waals surface area contributed by atoms with Gasteiger partial charge in [-0.15, -0.1) is 0 Å². The smallest absolute Gasteiger partial charge is 0.324 e. The number of rotatable bonds is 2. The summed E-state index contributed by atoms with van der Waals surface area (Å²) in [7, 11) is -3.76. The van der Waals surface area contributed by atoms with Crippen LogP contribution >= 0.6 is 7.60 Å². The minimum Gasteiger partial charge on any atom is -0.324 e. The van der Waals surface area contributed by atoms with Crippen LogP contribution in [-0.4, -0.2) is 15.4 Å². The van der Waals surface area contributed by atoms with Crippen molar-refractivity contribution in [3.63, 3.8) is 0 Å². The Kier molecular flexibility index (Phi) is 6.15. The third-order valence-corrected chi connectivity index (χ3v) is 2.68. The molecule has 0 saturated carbocycles. The van der Waals surface area contributed by atoms with Gasteiger partial charge in [-0.05, 0) is 6.42 Å². The van der Waals surface area contributed by atoms with Crippen LogP contribution in [0.3, 0.4) is 0 Å². The Morgan fingerprint density at radius 2 is 1.89 bits per heavy atom. The molecule has 1 radical (unpaired) electrons. The summed E-state index contributed by atoms with van der Waals surface area (Å²) in [6.45, 7) is 3.30. The molecular weight excluding hydrogens is 191 g/mol. The van der Waals surface area contributed by atoms with Crippen molar-refractivity contribution < 1.29 is 31.4 Å². The average molecular weight is 202 g/mol. The van der Waals surface area contributed by atoms with Gasteiger partial charge in [-0.1, -0.05) is 13.8 Å². The number of hydrogen-bond donors (Lipinski definition) is 2. The van der Waals surface area contributed by atoms with E-state index in [1.54, 1.807) is 13.8 Å². The molecule has 0 aromatic carbocycles. The first-order chi connectivity index (χ1) is 3.48. The van der Waals surface area contributed by atoms with Crippen molar-refractivity contribution in [2.75, 3.05) is 0 Å². The molecule has 9 heavy (non-hydrogen) atoms. The molecule has 0 amide bonds. The minimum absolute atomic E-state index is 0. The largest absolute Gasteiger partial charge is 0.328 e. The molecule has 0 aromatic heterocycles. The van der Waals surface area contributed by atoms with Crippen LogP contribution in [0.1, 0.15) is 20.3 Å². The predicted octanol–water partition coefficient (Wildman–Crippen LogP) is 0.960. The van der Waals surface area contributed by atoms with E-state index in [1.807, 2.05) is 0 Å². The summed E-state index contributed by atoms with van der Waals surface area (Å²) in [6, 6.07) is 0. The SMILES string of the molecule is CCC(C)P(=O)(O)O.[Cu]. The van der Waals surface area contributed by atoms with E-state index in [4.69, 9.17) is 9.79 Å². The molecular formula is C4H11CuO3P. The van der Waals surface area contributed by atoms with E-state index in [1.165, 1.54) is 0 Å². The third kappa shape index (κ3) is 5.13. The Bertz CT molecular complexity index is 110. The maximum Gasteiger partial charge on any atom is 0.328 e. The van der Waals surface area contributed by atoms with E-state index in [2.05, 4.69) is 0 Å². The average Bonchev–Trinajstić information content (AvgIpc) is 1.62. The predicted molar refractivity (Wildman–Crippen MR) is 31.8 cm³/mol. The van der Waals surface area contributed by atoms with Gasteiger partial charge in [-0.2, -0.15) is 0 Å². The first kappa shape index (κ1) is 12.4. The molecule has 0 rings (SSSR count). The van der Waals surface area contributed by atoms with Gasteiger partial charge in [0, 0.05) is 17.1 Å². The fourth-order valence-corrected chi connectivity index (χ4v) is 0.714. The van der Waals surface area contributed by atoms with Gasteiger partial charge in [0.1, 0.15) is 0 Å². The second-order valence-corrected chi connectivity index (χ2v) is 3.91. The summed E-state index contributed by atoms with van der Waals surface area (Å²) < 4.78 is 10.3. The van der Waals surface area contributed by atoms with Crippen LogP contribution < -0.4 is 0 Å². The molecule has 2 N–H and O–H groups in total. The zero-order valence-corrected chi connectivity index (χ0v) is 7.17. The molecule has 0 heterocycles. The standard InChI is InChI=1S/C4H11O3P.Cu/c1-3-4(2)8(5,6)7;/h4H,3H2,1-2H3,(H2,5,6,7);. The van der Waals surface area contributed by atoms with Crippen molar-refractivity contribution in [1.82, 2.24) is 0 Å². The summed E-state index contributed by atoms with van der Waals surface area (Å²) in [5, 5.41) is 0. The third-order valence-electron chi connectivity index (χ3n) is 1.17. The van der Waals surface area contributed by atoms with Gasteiger partial charge in [0.2, 0.25) is 0 Å². The molecule has 0 aliphatic rings. The van der Waals surface area contributed by atoms with Gasteiger partial charge >= 0.3 is 7.60 Å². The zero-order chi connectivity index (χ0) is 6.78. The van der Waals surface area contributed by atoms with Crippen LogP contribution in [0.25, 0.3) is 0 Å². The first-order valence-electron chi connectivity index (χ1n) is 2.53. The maximum absolute atomic E-state index is 10.3. The molecule has 0 saturated heterocycles. The molecule has 0 fully saturated rings. The van der Waals surface area contributed by atoms with Gasteiger partial charge in [-0.25, -0.2) is 0 Å². The molecule has 1 atom stereocenters. The van der Waals surface area contributed by atoms with Crippen LogP contribution in [0.15, 0.2) is 0 Å². The van der Waals surface area contributed by atoms with Crippen molar-refractivity contribution >= 4 is 7.60 Å². The molecule has 0 aliphatic heterocycles. The molecule has 61 valence electrons. The fraction of sp³-hybridized carbons (Fsp3) is 1.00. The molecule has 5 heteroatoms. The summed E-state index contributed by atoms with van der Waals surface area (Å²) in [6.07, 6.45) is 0.532. The van der Waals surface area contributed by atoms with Crippen LogP contribution in [0, 0.1) is 0 Å². The Morgan fingerprint density at radius 3 is 1.89 bits per heavy atom. The molecule has 0 aliphatic carbocycles. The van der Waals surface area contributed by atoms with Crippen LogP contribution in [0.4, 0.5) is 0 Å².